The summed E-state index contributed by atoms with van der Waals surface area (Å²) in [5, 5.41) is 3.46. The number of rotatable bonds is 3. The molecule has 0 aliphatic carbocycles. The Balaban J connectivity index is 1.93. The van der Waals surface area contributed by atoms with Crippen LogP contribution in [-0.2, 0) is 6.42 Å². The average Bonchev–Trinajstić information content (AvgIpc) is 2.77. The van der Waals surface area contributed by atoms with Crippen molar-refractivity contribution in [1.29, 1.82) is 0 Å². The van der Waals surface area contributed by atoms with Gasteiger partial charge in [0.25, 0.3) is 0 Å². The highest BCUT2D eigenvalue weighted by Gasteiger charge is 2.36. The van der Waals surface area contributed by atoms with Gasteiger partial charge in [-0.3, -0.25) is 4.79 Å². The standard InChI is InChI=1S/C15H21N3O/c1-3-4-14(19)13-6-5-11-7-12-9-16-8-10(2)18(12)15(11)17-13/h5-6,10,12,16H,3-4,7-9H2,1-2H3. The van der Waals surface area contributed by atoms with Gasteiger partial charge in [-0.2, -0.15) is 0 Å². The SMILES string of the molecule is CCCC(=O)c1ccc2c(n1)N1C(C)CNCC1C2. The fourth-order valence-electron chi connectivity index (χ4n) is 3.19. The summed E-state index contributed by atoms with van der Waals surface area (Å²) in [4.78, 5) is 19.0. The molecule has 2 aliphatic rings. The van der Waals surface area contributed by atoms with Gasteiger partial charge in [-0.05, 0) is 31.4 Å². The minimum atomic E-state index is 0.163. The third-order valence-electron chi connectivity index (χ3n) is 4.11. The number of carbonyl (C=O) groups is 1. The molecule has 2 atom stereocenters. The molecule has 102 valence electrons. The number of piperazine rings is 1. The molecule has 1 saturated heterocycles. The Morgan fingerprint density at radius 3 is 3.11 bits per heavy atom. The second-order valence-corrected chi connectivity index (χ2v) is 5.62. The van der Waals surface area contributed by atoms with Gasteiger partial charge in [-0.25, -0.2) is 4.98 Å². The molecular weight excluding hydrogens is 238 g/mol. The summed E-state index contributed by atoms with van der Waals surface area (Å²) in [5.74, 6) is 1.21. The molecule has 3 heterocycles. The highest BCUT2D eigenvalue weighted by atomic mass is 16.1. The maximum atomic E-state index is 12.0. The maximum absolute atomic E-state index is 12.0. The van der Waals surface area contributed by atoms with Crippen LogP contribution in [-0.4, -0.2) is 35.9 Å². The summed E-state index contributed by atoms with van der Waals surface area (Å²) in [6, 6.07) is 4.94. The third-order valence-corrected chi connectivity index (χ3v) is 4.11. The molecule has 3 rings (SSSR count). The Hall–Kier alpha value is -1.42. The lowest BCUT2D eigenvalue weighted by Crippen LogP contribution is -2.55. The van der Waals surface area contributed by atoms with Crippen molar-refractivity contribution in [2.75, 3.05) is 18.0 Å². The van der Waals surface area contributed by atoms with E-state index in [2.05, 4.69) is 28.2 Å². The molecule has 0 spiro atoms. The largest absolute Gasteiger partial charge is 0.348 e. The molecule has 0 radical (unpaired) electrons. The topological polar surface area (TPSA) is 45.2 Å². The van der Waals surface area contributed by atoms with E-state index < -0.39 is 0 Å². The van der Waals surface area contributed by atoms with Crippen LogP contribution in [0.1, 0.15) is 42.7 Å². The summed E-state index contributed by atoms with van der Waals surface area (Å²) in [6.07, 6.45) is 2.51. The van der Waals surface area contributed by atoms with Crippen molar-refractivity contribution in [1.82, 2.24) is 10.3 Å². The van der Waals surface area contributed by atoms with Gasteiger partial charge in [-0.15, -0.1) is 0 Å². The zero-order chi connectivity index (χ0) is 13.4. The molecule has 1 aromatic rings. The highest BCUT2D eigenvalue weighted by Crippen LogP contribution is 2.33. The van der Waals surface area contributed by atoms with E-state index in [-0.39, 0.29) is 5.78 Å². The van der Waals surface area contributed by atoms with Crippen molar-refractivity contribution in [3.05, 3.63) is 23.4 Å². The van der Waals surface area contributed by atoms with E-state index in [1.165, 1.54) is 5.56 Å². The molecule has 1 aromatic heterocycles. The smallest absolute Gasteiger partial charge is 0.181 e. The normalized spacial score (nSPS) is 25.1. The lowest BCUT2D eigenvalue weighted by atomic mass is 10.1. The van der Waals surface area contributed by atoms with Crippen LogP contribution < -0.4 is 10.2 Å². The van der Waals surface area contributed by atoms with E-state index in [4.69, 9.17) is 0 Å². The molecule has 4 heteroatoms. The van der Waals surface area contributed by atoms with Crippen LogP contribution >= 0.6 is 0 Å². The van der Waals surface area contributed by atoms with Crippen molar-refractivity contribution >= 4 is 11.6 Å². The second kappa shape index (κ2) is 4.93. The molecule has 4 nitrogen and oxygen atoms in total. The first-order valence-electron chi connectivity index (χ1n) is 7.23. The first-order valence-corrected chi connectivity index (χ1v) is 7.23. The van der Waals surface area contributed by atoms with Gasteiger partial charge in [0.05, 0.1) is 0 Å². The Morgan fingerprint density at radius 2 is 2.32 bits per heavy atom. The fraction of sp³-hybridized carbons (Fsp3) is 0.600. The number of aromatic nitrogens is 1. The van der Waals surface area contributed by atoms with Gasteiger partial charge < -0.3 is 10.2 Å². The average molecular weight is 259 g/mol. The minimum Gasteiger partial charge on any atom is -0.348 e. The number of pyridine rings is 1. The van der Waals surface area contributed by atoms with Gasteiger partial charge >= 0.3 is 0 Å². The van der Waals surface area contributed by atoms with Crippen molar-refractivity contribution < 1.29 is 4.79 Å². The second-order valence-electron chi connectivity index (χ2n) is 5.62. The van der Waals surface area contributed by atoms with Crippen molar-refractivity contribution in [2.24, 2.45) is 0 Å². The number of ketones is 1. The molecule has 1 N–H and O–H groups in total. The van der Waals surface area contributed by atoms with E-state index in [1.807, 2.05) is 13.0 Å². The van der Waals surface area contributed by atoms with Crippen LogP contribution in [0.2, 0.25) is 0 Å². The Bertz CT molecular complexity index is 500. The Morgan fingerprint density at radius 1 is 1.47 bits per heavy atom. The number of nitrogens with zero attached hydrogens (tertiary/aromatic N) is 2. The summed E-state index contributed by atoms with van der Waals surface area (Å²) >= 11 is 0. The fourth-order valence-corrected chi connectivity index (χ4v) is 3.19. The van der Waals surface area contributed by atoms with Crippen molar-refractivity contribution in [3.8, 4) is 0 Å². The van der Waals surface area contributed by atoms with E-state index in [9.17, 15) is 4.79 Å². The highest BCUT2D eigenvalue weighted by molar-refractivity contribution is 5.94. The summed E-state index contributed by atoms with van der Waals surface area (Å²) in [7, 11) is 0. The lowest BCUT2D eigenvalue weighted by molar-refractivity contribution is 0.0977. The summed E-state index contributed by atoms with van der Waals surface area (Å²) in [5.41, 5.74) is 1.92. The maximum Gasteiger partial charge on any atom is 0.181 e. The predicted octanol–water partition coefficient (Wildman–Crippen LogP) is 1.79. The molecule has 0 saturated carbocycles. The van der Waals surface area contributed by atoms with E-state index >= 15 is 0 Å². The van der Waals surface area contributed by atoms with Crippen molar-refractivity contribution in [3.63, 3.8) is 0 Å². The van der Waals surface area contributed by atoms with E-state index in [1.54, 1.807) is 0 Å². The number of carbonyl (C=O) groups excluding carboxylic acids is 1. The Labute approximate surface area is 114 Å². The molecule has 0 bridgehead atoms. The number of hydrogen-bond donors (Lipinski definition) is 1. The third kappa shape index (κ3) is 2.14. The number of nitrogens with one attached hydrogen (secondary N) is 1. The molecule has 2 unspecified atom stereocenters. The van der Waals surface area contributed by atoms with Crippen LogP contribution in [0.4, 0.5) is 5.82 Å². The molecule has 1 fully saturated rings. The van der Waals surface area contributed by atoms with Gasteiger partial charge in [0.1, 0.15) is 11.5 Å². The van der Waals surface area contributed by atoms with Crippen LogP contribution in [0.5, 0.6) is 0 Å². The number of anilines is 1. The minimum absolute atomic E-state index is 0.163. The first kappa shape index (κ1) is 12.6. The monoisotopic (exact) mass is 259 g/mol. The van der Waals surface area contributed by atoms with Crippen molar-refractivity contribution in [2.45, 2.75) is 45.2 Å². The zero-order valence-electron chi connectivity index (χ0n) is 11.6. The van der Waals surface area contributed by atoms with Gasteiger partial charge in [0, 0.05) is 31.6 Å². The molecule has 19 heavy (non-hydrogen) atoms. The first-order chi connectivity index (χ1) is 9.20. The molecular formula is C15H21N3O. The number of hydrogen-bond acceptors (Lipinski definition) is 4. The molecule has 0 aromatic carbocycles. The molecule has 0 amide bonds. The van der Waals surface area contributed by atoms with Gasteiger partial charge in [0.2, 0.25) is 0 Å². The van der Waals surface area contributed by atoms with Crippen LogP contribution in [0.25, 0.3) is 0 Å². The van der Waals surface area contributed by atoms with Crippen LogP contribution in [0.15, 0.2) is 12.1 Å². The predicted molar refractivity (Wildman–Crippen MR) is 75.8 cm³/mol. The Kier molecular flexibility index (Phi) is 3.27. The van der Waals surface area contributed by atoms with Gasteiger partial charge in [0.15, 0.2) is 5.78 Å². The van der Waals surface area contributed by atoms with Gasteiger partial charge in [-0.1, -0.05) is 13.0 Å². The zero-order valence-corrected chi connectivity index (χ0v) is 11.6. The number of Topliss-reactive ketones (excluding diaryl/α,β-unsaturated/α-hetero) is 1. The van der Waals surface area contributed by atoms with E-state index in [0.29, 0.717) is 24.2 Å². The van der Waals surface area contributed by atoms with Crippen LogP contribution in [0, 0.1) is 0 Å². The summed E-state index contributed by atoms with van der Waals surface area (Å²) < 4.78 is 0. The van der Waals surface area contributed by atoms with Crippen LogP contribution in [0.3, 0.4) is 0 Å². The quantitative estimate of drug-likeness (QED) is 0.841. The van der Waals surface area contributed by atoms with E-state index in [0.717, 1.165) is 31.7 Å². The lowest BCUT2D eigenvalue weighted by Gasteiger charge is -2.37. The summed E-state index contributed by atoms with van der Waals surface area (Å²) in [6.45, 7) is 6.25. The number of fused-ring (bicyclic) bond motifs is 3. The molecule has 2 aliphatic heterocycles.